The number of carbonyl (C=O) groups is 2. The summed E-state index contributed by atoms with van der Waals surface area (Å²) in [7, 11) is 0. The number of Topliss-reactive ketones (excluding diaryl/α,β-unsaturated/α-hetero) is 1. The number of halogens is 1. The van der Waals surface area contributed by atoms with Gasteiger partial charge in [-0.1, -0.05) is 68.5 Å². The molecule has 0 saturated heterocycles. The van der Waals surface area contributed by atoms with Crippen LogP contribution in [0.5, 0.6) is 0 Å². The third kappa shape index (κ3) is 5.54. The van der Waals surface area contributed by atoms with Crippen molar-refractivity contribution in [2.45, 2.75) is 32.1 Å². The first-order chi connectivity index (χ1) is 14.9. The summed E-state index contributed by atoms with van der Waals surface area (Å²) in [5, 5.41) is 9.51. The van der Waals surface area contributed by atoms with E-state index in [0.717, 1.165) is 11.1 Å². The van der Waals surface area contributed by atoms with Crippen molar-refractivity contribution in [1.82, 2.24) is 0 Å². The monoisotopic (exact) mass is 416 g/mol. The van der Waals surface area contributed by atoms with Gasteiger partial charge in [0, 0.05) is 5.56 Å². The molecule has 0 aliphatic carbocycles. The van der Waals surface area contributed by atoms with E-state index in [1.165, 1.54) is 24.3 Å². The molecule has 158 valence electrons. The summed E-state index contributed by atoms with van der Waals surface area (Å²) >= 11 is 0. The van der Waals surface area contributed by atoms with Gasteiger partial charge in [-0.15, -0.1) is 0 Å². The second-order valence-electron chi connectivity index (χ2n) is 7.78. The summed E-state index contributed by atoms with van der Waals surface area (Å²) in [6.45, 7) is 3.86. The predicted octanol–water partition coefficient (Wildman–Crippen LogP) is 6.72. The van der Waals surface area contributed by atoms with Crippen molar-refractivity contribution in [3.8, 4) is 0 Å². The van der Waals surface area contributed by atoms with E-state index >= 15 is 0 Å². The van der Waals surface area contributed by atoms with Crippen molar-refractivity contribution in [2.75, 3.05) is 0 Å². The molecule has 0 radical (unpaired) electrons. The fraction of sp³-hybridized carbons (Fsp3) is 0.185. The minimum atomic E-state index is -0.986. The lowest BCUT2D eigenvalue weighted by Crippen LogP contribution is -2.14. The molecule has 0 fully saturated rings. The first-order valence-corrected chi connectivity index (χ1v) is 10.3. The summed E-state index contributed by atoms with van der Waals surface area (Å²) in [5.74, 6) is -2.03. The van der Waals surface area contributed by atoms with E-state index < -0.39 is 17.7 Å². The molecule has 3 nitrogen and oxygen atoms in total. The second-order valence-corrected chi connectivity index (χ2v) is 7.78. The molecular weight excluding hydrogens is 391 g/mol. The van der Waals surface area contributed by atoms with Gasteiger partial charge in [-0.05, 0) is 59.4 Å². The summed E-state index contributed by atoms with van der Waals surface area (Å²) in [5.41, 5.74) is 3.13. The van der Waals surface area contributed by atoms with Crippen LogP contribution in [0.3, 0.4) is 0 Å². The van der Waals surface area contributed by atoms with Crippen molar-refractivity contribution in [3.05, 3.63) is 113 Å². The van der Waals surface area contributed by atoms with Crippen LogP contribution in [0.25, 0.3) is 6.08 Å². The van der Waals surface area contributed by atoms with Gasteiger partial charge in [0.1, 0.15) is 5.82 Å². The van der Waals surface area contributed by atoms with Crippen molar-refractivity contribution in [2.24, 2.45) is 0 Å². The SMILES string of the molecule is CC(C)c1cc(C(CC=Cc2ccccc2)C(=O)c2ccc(F)cc2)ccc1C(=O)O. The molecule has 3 rings (SSSR count). The number of hydrogen-bond donors (Lipinski definition) is 1. The van der Waals surface area contributed by atoms with Crippen LogP contribution in [-0.2, 0) is 0 Å². The first-order valence-electron chi connectivity index (χ1n) is 10.3. The maximum atomic E-state index is 13.3. The molecule has 0 amide bonds. The molecule has 31 heavy (non-hydrogen) atoms. The Morgan fingerprint density at radius 3 is 2.26 bits per heavy atom. The second kappa shape index (κ2) is 9.98. The fourth-order valence-corrected chi connectivity index (χ4v) is 3.58. The number of carboxylic acids is 1. The molecular formula is C27H25FO3. The Morgan fingerprint density at radius 2 is 1.65 bits per heavy atom. The number of benzene rings is 3. The summed E-state index contributed by atoms with van der Waals surface area (Å²) in [6, 6.07) is 20.4. The lowest BCUT2D eigenvalue weighted by molar-refractivity contribution is 0.0695. The highest BCUT2D eigenvalue weighted by Gasteiger charge is 2.23. The standard InChI is InChI=1S/C27H25FO3/c1-18(2)25-17-21(13-16-24(25)27(30)31)23(10-6-9-19-7-4-3-5-8-19)26(29)20-11-14-22(28)15-12-20/h3-9,11-18,23H,10H2,1-2H3,(H,30,31). The molecule has 4 heteroatoms. The van der Waals surface area contributed by atoms with Gasteiger partial charge in [0.25, 0.3) is 0 Å². The zero-order valence-electron chi connectivity index (χ0n) is 17.6. The maximum Gasteiger partial charge on any atom is 0.335 e. The van der Waals surface area contributed by atoms with Gasteiger partial charge in [0.05, 0.1) is 11.5 Å². The minimum absolute atomic E-state index is 0.00696. The average Bonchev–Trinajstić information content (AvgIpc) is 2.77. The molecule has 0 aliphatic heterocycles. The number of ketones is 1. The van der Waals surface area contributed by atoms with Gasteiger partial charge >= 0.3 is 5.97 Å². The highest BCUT2D eigenvalue weighted by molar-refractivity contribution is 6.01. The summed E-state index contributed by atoms with van der Waals surface area (Å²) in [6.07, 6.45) is 4.34. The lowest BCUT2D eigenvalue weighted by Gasteiger charge is -2.18. The average molecular weight is 416 g/mol. The van der Waals surface area contributed by atoms with Crippen molar-refractivity contribution in [3.63, 3.8) is 0 Å². The maximum absolute atomic E-state index is 13.3. The Morgan fingerprint density at radius 1 is 0.968 bits per heavy atom. The highest BCUT2D eigenvalue weighted by Crippen LogP contribution is 2.30. The van der Waals surface area contributed by atoms with E-state index in [0.29, 0.717) is 17.5 Å². The van der Waals surface area contributed by atoms with E-state index in [4.69, 9.17) is 0 Å². The molecule has 0 spiro atoms. The van der Waals surface area contributed by atoms with E-state index in [1.54, 1.807) is 12.1 Å². The molecule has 0 heterocycles. The van der Waals surface area contributed by atoms with E-state index in [1.807, 2.05) is 62.4 Å². The van der Waals surface area contributed by atoms with Crippen LogP contribution < -0.4 is 0 Å². The van der Waals surface area contributed by atoms with Gasteiger partial charge in [-0.2, -0.15) is 0 Å². The van der Waals surface area contributed by atoms with Gasteiger partial charge in [-0.25, -0.2) is 9.18 Å². The molecule has 1 atom stereocenters. The molecule has 3 aromatic carbocycles. The van der Waals surface area contributed by atoms with Crippen LogP contribution >= 0.6 is 0 Å². The van der Waals surface area contributed by atoms with Crippen LogP contribution in [0.15, 0.2) is 78.9 Å². The molecule has 1 N–H and O–H groups in total. The van der Waals surface area contributed by atoms with Gasteiger partial charge < -0.3 is 5.11 Å². The molecule has 0 saturated carbocycles. The van der Waals surface area contributed by atoms with Gasteiger partial charge in [0.15, 0.2) is 5.78 Å². The number of hydrogen-bond acceptors (Lipinski definition) is 2. The number of rotatable bonds is 8. The van der Waals surface area contributed by atoms with Crippen molar-refractivity contribution >= 4 is 17.8 Å². The zero-order chi connectivity index (χ0) is 22.4. The largest absolute Gasteiger partial charge is 0.478 e. The molecule has 3 aromatic rings. The minimum Gasteiger partial charge on any atom is -0.478 e. The molecule has 1 unspecified atom stereocenters. The third-order valence-electron chi connectivity index (χ3n) is 5.26. The Kier molecular flexibility index (Phi) is 7.14. The predicted molar refractivity (Wildman–Crippen MR) is 121 cm³/mol. The molecule has 0 aliphatic rings. The lowest BCUT2D eigenvalue weighted by atomic mass is 9.84. The van der Waals surface area contributed by atoms with Gasteiger partial charge in [-0.3, -0.25) is 4.79 Å². The van der Waals surface area contributed by atoms with Crippen LogP contribution in [0.1, 0.15) is 69.5 Å². The molecule has 0 bridgehead atoms. The Hall–Kier alpha value is -3.53. The van der Waals surface area contributed by atoms with E-state index in [-0.39, 0.29) is 17.3 Å². The number of carbonyl (C=O) groups excluding carboxylic acids is 1. The smallest absolute Gasteiger partial charge is 0.335 e. The first kappa shape index (κ1) is 22.2. The van der Waals surface area contributed by atoms with Gasteiger partial charge in [0.2, 0.25) is 0 Å². The van der Waals surface area contributed by atoms with Crippen LogP contribution in [0.2, 0.25) is 0 Å². The topological polar surface area (TPSA) is 54.4 Å². The van der Waals surface area contributed by atoms with Crippen molar-refractivity contribution < 1.29 is 19.1 Å². The number of allylic oxidation sites excluding steroid dienone is 1. The highest BCUT2D eigenvalue weighted by atomic mass is 19.1. The summed E-state index contributed by atoms with van der Waals surface area (Å²) < 4.78 is 13.3. The molecule has 0 aromatic heterocycles. The quantitative estimate of drug-likeness (QED) is 0.415. The zero-order valence-corrected chi connectivity index (χ0v) is 17.6. The Labute approximate surface area is 181 Å². The van der Waals surface area contributed by atoms with Crippen LogP contribution in [0.4, 0.5) is 4.39 Å². The number of aromatic carboxylic acids is 1. The Balaban J connectivity index is 1.99. The number of carboxylic acid groups (broad SMARTS) is 1. The van der Waals surface area contributed by atoms with Crippen LogP contribution in [0, 0.1) is 5.82 Å². The van der Waals surface area contributed by atoms with Crippen molar-refractivity contribution in [1.29, 1.82) is 0 Å². The normalized spacial score (nSPS) is 12.3. The van der Waals surface area contributed by atoms with Crippen LogP contribution in [-0.4, -0.2) is 16.9 Å². The third-order valence-corrected chi connectivity index (χ3v) is 5.26. The van der Waals surface area contributed by atoms with E-state index in [9.17, 15) is 19.1 Å². The fourth-order valence-electron chi connectivity index (χ4n) is 3.58. The summed E-state index contributed by atoms with van der Waals surface area (Å²) in [4.78, 5) is 24.9. The van der Waals surface area contributed by atoms with E-state index in [2.05, 4.69) is 0 Å². The Bertz CT molecular complexity index is 1080.